The molecule has 1 saturated heterocycles. The van der Waals surface area contributed by atoms with E-state index in [0.29, 0.717) is 12.2 Å². The number of quaternary nitrogens is 1. The van der Waals surface area contributed by atoms with E-state index in [9.17, 15) is 4.79 Å². The fourth-order valence-corrected chi connectivity index (χ4v) is 3.05. The predicted molar refractivity (Wildman–Crippen MR) is 86.7 cm³/mol. The molecule has 2 atom stereocenters. The highest BCUT2D eigenvalue weighted by molar-refractivity contribution is 5.94. The number of ether oxygens (including phenoxy) is 2. The molecule has 4 heteroatoms. The Balaban J connectivity index is 1.62. The van der Waals surface area contributed by atoms with Crippen LogP contribution in [0.25, 0.3) is 0 Å². The standard InChI is InChI=1S/C18H27NO3/c1-14-12-19(13-15(2)22-14)10-4-5-11-21-18-8-6-17(7-9-18)16(3)20/h6-9,14-15H,4-5,10-13H2,1-3H3/p+1/t14-,15-/m1/s1. The molecule has 1 aliphatic rings. The smallest absolute Gasteiger partial charge is 0.159 e. The molecule has 0 saturated carbocycles. The van der Waals surface area contributed by atoms with Gasteiger partial charge >= 0.3 is 0 Å². The van der Waals surface area contributed by atoms with E-state index in [1.807, 2.05) is 24.3 Å². The van der Waals surface area contributed by atoms with Gasteiger partial charge in [0.05, 0.1) is 13.2 Å². The van der Waals surface area contributed by atoms with Crippen LogP contribution in [0.4, 0.5) is 0 Å². The van der Waals surface area contributed by atoms with Crippen LogP contribution in [0.1, 0.15) is 44.0 Å². The Morgan fingerprint density at radius 3 is 2.41 bits per heavy atom. The van der Waals surface area contributed by atoms with E-state index >= 15 is 0 Å². The number of morpholine rings is 1. The molecule has 1 aliphatic heterocycles. The second-order valence-electron chi connectivity index (χ2n) is 6.30. The fraction of sp³-hybridized carbons (Fsp3) is 0.611. The summed E-state index contributed by atoms with van der Waals surface area (Å²) in [5.74, 6) is 0.925. The van der Waals surface area contributed by atoms with Gasteiger partial charge in [0, 0.05) is 5.56 Å². The maximum absolute atomic E-state index is 11.2. The molecule has 2 rings (SSSR count). The lowest BCUT2D eigenvalue weighted by Gasteiger charge is -2.32. The first-order valence-corrected chi connectivity index (χ1v) is 8.27. The SMILES string of the molecule is CC(=O)c1ccc(OCCCC[NH+]2C[C@@H](C)O[C@H](C)C2)cc1. The largest absolute Gasteiger partial charge is 0.494 e. The van der Waals surface area contributed by atoms with Crippen LogP contribution in [-0.2, 0) is 4.74 Å². The molecule has 0 radical (unpaired) electrons. The molecule has 1 heterocycles. The van der Waals surface area contributed by atoms with Gasteiger partial charge in [0.2, 0.25) is 0 Å². The quantitative estimate of drug-likeness (QED) is 0.616. The van der Waals surface area contributed by atoms with E-state index in [2.05, 4.69) is 13.8 Å². The summed E-state index contributed by atoms with van der Waals surface area (Å²) in [6, 6.07) is 7.37. The highest BCUT2D eigenvalue weighted by Gasteiger charge is 2.24. The first-order chi connectivity index (χ1) is 10.5. The van der Waals surface area contributed by atoms with Crippen LogP contribution in [0.3, 0.4) is 0 Å². The Hall–Kier alpha value is -1.39. The molecule has 1 aromatic carbocycles. The van der Waals surface area contributed by atoms with Crippen molar-refractivity contribution >= 4 is 5.78 Å². The molecule has 0 spiro atoms. The van der Waals surface area contributed by atoms with Crippen molar-refractivity contribution < 1.29 is 19.2 Å². The van der Waals surface area contributed by atoms with Gasteiger partial charge in [-0.15, -0.1) is 0 Å². The highest BCUT2D eigenvalue weighted by atomic mass is 16.5. The van der Waals surface area contributed by atoms with Crippen molar-refractivity contribution in [1.82, 2.24) is 0 Å². The zero-order valence-corrected chi connectivity index (χ0v) is 13.9. The predicted octanol–water partition coefficient (Wildman–Crippen LogP) is 1.74. The van der Waals surface area contributed by atoms with E-state index in [0.717, 1.165) is 37.4 Å². The van der Waals surface area contributed by atoms with Gasteiger partial charge in [-0.1, -0.05) is 0 Å². The Labute approximate surface area is 133 Å². The molecule has 4 nitrogen and oxygen atoms in total. The molecule has 22 heavy (non-hydrogen) atoms. The number of hydrogen-bond acceptors (Lipinski definition) is 3. The Morgan fingerprint density at radius 2 is 1.82 bits per heavy atom. The maximum atomic E-state index is 11.2. The van der Waals surface area contributed by atoms with Crippen molar-refractivity contribution in [3.8, 4) is 5.75 Å². The lowest BCUT2D eigenvalue weighted by Crippen LogP contribution is -3.15. The summed E-state index contributed by atoms with van der Waals surface area (Å²) in [5, 5.41) is 0. The average molecular weight is 306 g/mol. The summed E-state index contributed by atoms with van der Waals surface area (Å²) >= 11 is 0. The van der Waals surface area contributed by atoms with Gasteiger partial charge < -0.3 is 14.4 Å². The van der Waals surface area contributed by atoms with Gasteiger partial charge in [-0.3, -0.25) is 4.79 Å². The molecule has 1 fully saturated rings. The molecular weight excluding hydrogens is 278 g/mol. The number of unbranched alkanes of at least 4 members (excludes halogenated alkanes) is 1. The molecule has 0 aromatic heterocycles. The summed E-state index contributed by atoms with van der Waals surface area (Å²) < 4.78 is 11.5. The summed E-state index contributed by atoms with van der Waals surface area (Å²) in [7, 11) is 0. The first kappa shape index (κ1) is 17.0. The topological polar surface area (TPSA) is 40.0 Å². The van der Waals surface area contributed by atoms with Crippen molar-refractivity contribution in [2.24, 2.45) is 0 Å². The van der Waals surface area contributed by atoms with E-state index in [4.69, 9.17) is 9.47 Å². The molecule has 0 amide bonds. The van der Waals surface area contributed by atoms with Crippen molar-refractivity contribution in [2.75, 3.05) is 26.2 Å². The summed E-state index contributed by atoms with van der Waals surface area (Å²) in [6.45, 7) is 10.0. The van der Waals surface area contributed by atoms with Crippen molar-refractivity contribution in [3.05, 3.63) is 29.8 Å². The van der Waals surface area contributed by atoms with Crippen molar-refractivity contribution in [3.63, 3.8) is 0 Å². The number of hydrogen-bond donors (Lipinski definition) is 1. The minimum atomic E-state index is 0.0866. The van der Waals surface area contributed by atoms with Crippen LogP contribution in [-0.4, -0.2) is 44.2 Å². The fourth-order valence-electron chi connectivity index (χ4n) is 3.05. The summed E-state index contributed by atoms with van der Waals surface area (Å²) in [6.07, 6.45) is 2.96. The minimum absolute atomic E-state index is 0.0866. The lowest BCUT2D eigenvalue weighted by molar-refractivity contribution is -0.915. The van der Waals surface area contributed by atoms with E-state index in [-0.39, 0.29) is 5.78 Å². The third-order valence-electron chi connectivity index (χ3n) is 4.07. The van der Waals surface area contributed by atoms with Crippen LogP contribution in [0.15, 0.2) is 24.3 Å². The summed E-state index contributed by atoms with van der Waals surface area (Å²) in [4.78, 5) is 12.8. The van der Waals surface area contributed by atoms with E-state index in [1.165, 1.54) is 13.0 Å². The monoisotopic (exact) mass is 306 g/mol. The van der Waals surface area contributed by atoms with E-state index in [1.54, 1.807) is 11.8 Å². The van der Waals surface area contributed by atoms with Crippen molar-refractivity contribution in [2.45, 2.75) is 45.8 Å². The Bertz CT molecular complexity index is 462. The van der Waals surface area contributed by atoms with Crippen LogP contribution in [0.5, 0.6) is 5.75 Å². The zero-order chi connectivity index (χ0) is 15.9. The highest BCUT2D eigenvalue weighted by Crippen LogP contribution is 2.12. The van der Waals surface area contributed by atoms with E-state index < -0.39 is 0 Å². The lowest BCUT2D eigenvalue weighted by atomic mass is 10.1. The van der Waals surface area contributed by atoms with Crippen molar-refractivity contribution in [1.29, 1.82) is 0 Å². The average Bonchev–Trinajstić information content (AvgIpc) is 2.46. The normalized spacial score (nSPS) is 25.0. The second kappa shape index (κ2) is 8.30. The minimum Gasteiger partial charge on any atom is -0.494 e. The molecule has 1 N–H and O–H groups in total. The number of carbonyl (C=O) groups excluding carboxylic acids is 1. The number of benzene rings is 1. The van der Waals surface area contributed by atoms with Gasteiger partial charge in [0.1, 0.15) is 31.0 Å². The second-order valence-corrected chi connectivity index (χ2v) is 6.30. The molecule has 122 valence electrons. The van der Waals surface area contributed by atoms with Gasteiger partial charge in [-0.05, 0) is 57.9 Å². The third kappa shape index (κ3) is 5.43. The number of carbonyl (C=O) groups is 1. The Morgan fingerprint density at radius 1 is 1.18 bits per heavy atom. The van der Waals surface area contributed by atoms with Gasteiger partial charge in [0.15, 0.2) is 5.78 Å². The summed E-state index contributed by atoms with van der Waals surface area (Å²) in [5.41, 5.74) is 0.728. The number of rotatable bonds is 7. The third-order valence-corrected chi connectivity index (χ3v) is 4.07. The molecule has 0 bridgehead atoms. The molecule has 0 aliphatic carbocycles. The van der Waals surface area contributed by atoms with Crippen LogP contribution in [0.2, 0.25) is 0 Å². The molecule has 0 unspecified atom stereocenters. The molecular formula is C18H28NO3+. The van der Waals surface area contributed by atoms with Gasteiger partial charge in [-0.25, -0.2) is 0 Å². The van der Waals surface area contributed by atoms with Crippen LogP contribution in [0, 0.1) is 0 Å². The number of ketones is 1. The Kier molecular flexibility index (Phi) is 6.40. The van der Waals surface area contributed by atoms with Gasteiger partial charge in [0.25, 0.3) is 0 Å². The number of nitrogens with one attached hydrogen (secondary N) is 1. The zero-order valence-electron chi connectivity index (χ0n) is 13.9. The van der Waals surface area contributed by atoms with Crippen LogP contribution < -0.4 is 9.64 Å². The van der Waals surface area contributed by atoms with Crippen LogP contribution >= 0.6 is 0 Å². The first-order valence-electron chi connectivity index (χ1n) is 8.27. The maximum Gasteiger partial charge on any atom is 0.159 e. The molecule has 1 aromatic rings. The number of Topliss-reactive ketones (excluding diaryl/α,β-unsaturated/α-hetero) is 1. The van der Waals surface area contributed by atoms with Gasteiger partial charge in [-0.2, -0.15) is 0 Å².